The van der Waals surface area contributed by atoms with E-state index >= 15 is 0 Å². The van der Waals surface area contributed by atoms with Crippen LogP contribution in [0.2, 0.25) is 10.0 Å². The van der Waals surface area contributed by atoms with Gasteiger partial charge in [0.05, 0.1) is 5.25 Å². The summed E-state index contributed by atoms with van der Waals surface area (Å²) in [7, 11) is -3.09. The highest BCUT2D eigenvalue weighted by atomic mass is 35.5. The Labute approximate surface area is 146 Å². The lowest BCUT2D eigenvalue weighted by molar-refractivity contribution is -0.144. The van der Waals surface area contributed by atoms with Crippen LogP contribution in [0.25, 0.3) is 0 Å². The normalized spacial score (nSPS) is 18.7. The molecule has 0 amide bonds. The van der Waals surface area contributed by atoms with Gasteiger partial charge in [0.15, 0.2) is 9.84 Å². The van der Waals surface area contributed by atoms with Gasteiger partial charge in [0.2, 0.25) is 0 Å². The molecule has 1 aliphatic heterocycles. The largest absolute Gasteiger partial charge is 0.480 e. The number of benzene rings is 1. The Balaban J connectivity index is 2.20. The zero-order valence-electron chi connectivity index (χ0n) is 12.7. The maximum Gasteiger partial charge on any atom is 0.325 e. The van der Waals surface area contributed by atoms with Gasteiger partial charge in [0, 0.05) is 28.9 Å². The van der Waals surface area contributed by atoms with Crippen molar-refractivity contribution in [3.63, 3.8) is 0 Å². The fourth-order valence-electron chi connectivity index (χ4n) is 2.97. The van der Waals surface area contributed by atoms with Crippen LogP contribution >= 0.6 is 23.2 Å². The van der Waals surface area contributed by atoms with E-state index < -0.39 is 21.8 Å². The summed E-state index contributed by atoms with van der Waals surface area (Å²) in [5, 5.41) is 9.95. The number of halogens is 2. The summed E-state index contributed by atoms with van der Waals surface area (Å²) >= 11 is 11.9. The third kappa shape index (κ3) is 4.38. The fraction of sp³-hybridized carbons (Fsp3) is 0.533. The van der Waals surface area contributed by atoms with Gasteiger partial charge in [-0.25, -0.2) is 8.42 Å². The van der Waals surface area contributed by atoms with Gasteiger partial charge in [0.1, 0.15) is 6.04 Å². The van der Waals surface area contributed by atoms with Crippen LogP contribution in [-0.2, 0) is 14.6 Å². The SMILES string of the molecule is CCS(=O)(=O)C1CCN(C(C(=O)O)c2cc(Cl)cc(Cl)c2)CC1. The van der Waals surface area contributed by atoms with Crippen LogP contribution in [0, 0.1) is 0 Å². The topological polar surface area (TPSA) is 74.7 Å². The molecule has 23 heavy (non-hydrogen) atoms. The van der Waals surface area contributed by atoms with E-state index in [0.29, 0.717) is 41.5 Å². The number of sulfone groups is 1. The minimum atomic E-state index is -3.09. The minimum Gasteiger partial charge on any atom is -0.480 e. The van der Waals surface area contributed by atoms with E-state index in [1.165, 1.54) is 0 Å². The molecule has 2 rings (SSSR count). The maximum atomic E-state index is 12.0. The molecule has 8 heteroatoms. The summed E-state index contributed by atoms with van der Waals surface area (Å²) in [5.41, 5.74) is 0.506. The maximum absolute atomic E-state index is 12.0. The van der Waals surface area contributed by atoms with Crippen LogP contribution in [0.1, 0.15) is 31.4 Å². The molecule has 0 bridgehead atoms. The van der Waals surface area contributed by atoms with Crippen LogP contribution in [0.15, 0.2) is 18.2 Å². The molecule has 1 aromatic carbocycles. The van der Waals surface area contributed by atoms with Crippen LogP contribution in [0.5, 0.6) is 0 Å². The molecule has 0 radical (unpaired) electrons. The molecule has 1 aromatic rings. The number of carboxylic acids is 1. The van der Waals surface area contributed by atoms with E-state index in [9.17, 15) is 18.3 Å². The van der Waals surface area contributed by atoms with Gasteiger partial charge < -0.3 is 5.11 Å². The minimum absolute atomic E-state index is 0.115. The molecule has 0 spiro atoms. The Morgan fingerprint density at radius 2 is 1.78 bits per heavy atom. The number of piperidine rings is 1. The second kappa shape index (κ2) is 7.38. The van der Waals surface area contributed by atoms with Gasteiger partial charge in [-0.1, -0.05) is 30.1 Å². The molecule has 0 aromatic heterocycles. The molecule has 128 valence electrons. The second-order valence-electron chi connectivity index (χ2n) is 5.63. The smallest absolute Gasteiger partial charge is 0.325 e. The number of rotatable bonds is 5. The molecule has 1 unspecified atom stereocenters. The van der Waals surface area contributed by atoms with Gasteiger partial charge in [-0.3, -0.25) is 9.69 Å². The third-order valence-corrected chi connectivity index (χ3v) is 6.91. The van der Waals surface area contributed by atoms with Gasteiger partial charge in [-0.15, -0.1) is 0 Å². The van der Waals surface area contributed by atoms with Crippen molar-refractivity contribution in [3.8, 4) is 0 Å². The first-order valence-electron chi connectivity index (χ1n) is 7.39. The average molecular weight is 380 g/mol. The van der Waals surface area contributed by atoms with Crippen LogP contribution in [0.3, 0.4) is 0 Å². The number of hydrogen-bond acceptors (Lipinski definition) is 4. The predicted octanol–water partition coefficient (Wildman–Crippen LogP) is 3.02. The lowest BCUT2D eigenvalue weighted by Gasteiger charge is -2.35. The summed E-state index contributed by atoms with van der Waals surface area (Å²) < 4.78 is 23.9. The van der Waals surface area contributed by atoms with Crippen molar-refractivity contribution in [2.45, 2.75) is 31.1 Å². The molecule has 5 nitrogen and oxygen atoms in total. The lowest BCUT2D eigenvalue weighted by atomic mass is 10.0. The number of carboxylic acid groups (broad SMARTS) is 1. The van der Waals surface area contributed by atoms with E-state index in [0.717, 1.165) is 0 Å². The Kier molecular flexibility index (Phi) is 5.94. The number of aliphatic carboxylic acids is 1. The molecular weight excluding hydrogens is 361 g/mol. The molecule has 1 N–H and O–H groups in total. The monoisotopic (exact) mass is 379 g/mol. The van der Waals surface area contributed by atoms with Crippen molar-refractivity contribution in [3.05, 3.63) is 33.8 Å². The number of hydrogen-bond donors (Lipinski definition) is 1. The number of nitrogens with zero attached hydrogens (tertiary/aromatic N) is 1. The average Bonchev–Trinajstić information content (AvgIpc) is 2.46. The molecule has 1 atom stereocenters. The quantitative estimate of drug-likeness (QED) is 0.850. The summed E-state index contributed by atoms with van der Waals surface area (Å²) in [6, 6.07) is 3.84. The van der Waals surface area contributed by atoms with Crippen molar-refractivity contribution in [1.82, 2.24) is 4.90 Å². The standard InChI is InChI=1S/C15H19Cl2NO4S/c1-2-23(21,22)13-3-5-18(6-4-13)14(15(19)20)10-7-11(16)9-12(17)8-10/h7-9,13-14H,2-6H2,1H3,(H,19,20). The summed E-state index contributed by atoms with van der Waals surface area (Å²) in [6.07, 6.45) is 0.877. The first-order valence-corrected chi connectivity index (χ1v) is 9.86. The van der Waals surface area contributed by atoms with Crippen molar-refractivity contribution in [2.24, 2.45) is 0 Å². The highest BCUT2D eigenvalue weighted by Gasteiger charge is 2.34. The molecule has 1 fully saturated rings. The molecule has 1 heterocycles. The van der Waals surface area contributed by atoms with Gasteiger partial charge in [-0.05, 0) is 36.6 Å². The Bertz CT molecular complexity index is 664. The first kappa shape index (κ1) is 18.5. The van der Waals surface area contributed by atoms with E-state index in [4.69, 9.17) is 23.2 Å². The second-order valence-corrected chi connectivity index (χ2v) is 9.07. The van der Waals surface area contributed by atoms with Crippen molar-refractivity contribution in [2.75, 3.05) is 18.8 Å². The van der Waals surface area contributed by atoms with Crippen molar-refractivity contribution >= 4 is 39.0 Å². The molecule has 0 saturated carbocycles. The van der Waals surface area contributed by atoms with Crippen molar-refractivity contribution < 1.29 is 18.3 Å². The Morgan fingerprint density at radius 1 is 1.26 bits per heavy atom. The highest BCUT2D eigenvalue weighted by molar-refractivity contribution is 7.92. The molecular formula is C15H19Cl2NO4S. The zero-order valence-corrected chi connectivity index (χ0v) is 15.0. The highest BCUT2D eigenvalue weighted by Crippen LogP contribution is 2.30. The van der Waals surface area contributed by atoms with E-state index in [-0.39, 0.29) is 11.0 Å². The summed E-state index contributed by atoms with van der Waals surface area (Å²) in [4.78, 5) is 13.5. The van der Waals surface area contributed by atoms with Crippen LogP contribution in [-0.4, -0.2) is 48.5 Å². The molecule has 1 aliphatic rings. The number of likely N-dealkylation sites (tertiary alicyclic amines) is 1. The van der Waals surface area contributed by atoms with Gasteiger partial charge >= 0.3 is 5.97 Å². The van der Waals surface area contributed by atoms with E-state index in [1.807, 2.05) is 0 Å². The first-order chi connectivity index (χ1) is 10.7. The Hall–Kier alpha value is -0.820. The van der Waals surface area contributed by atoms with Gasteiger partial charge in [-0.2, -0.15) is 0 Å². The predicted molar refractivity (Wildman–Crippen MR) is 90.9 cm³/mol. The fourth-order valence-corrected chi connectivity index (χ4v) is 4.91. The molecule has 0 aliphatic carbocycles. The Morgan fingerprint density at radius 3 is 2.22 bits per heavy atom. The van der Waals surface area contributed by atoms with Gasteiger partial charge in [0.25, 0.3) is 0 Å². The summed E-state index contributed by atoms with van der Waals surface area (Å²) in [5.74, 6) is -0.885. The van der Waals surface area contributed by atoms with E-state index in [2.05, 4.69) is 0 Å². The van der Waals surface area contributed by atoms with E-state index in [1.54, 1.807) is 30.0 Å². The van der Waals surface area contributed by atoms with Crippen LogP contribution < -0.4 is 0 Å². The zero-order chi connectivity index (χ0) is 17.2. The third-order valence-electron chi connectivity index (χ3n) is 4.19. The van der Waals surface area contributed by atoms with Crippen molar-refractivity contribution in [1.29, 1.82) is 0 Å². The van der Waals surface area contributed by atoms with Crippen LogP contribution in [0.4, 0.5) is 0 Å². The lowest BCUT2D eigenvalue weighted by Crippen LogP contribution is -2.43. The molecule has 1 saturated heterocycles. The number of carbonyl (C=O) groups is 1. The summed E-state index contributed by atoms with van der Waals surface area (Å²) in [6.45, 7) is 2.45.